The Labute approximate surface area is 253 Å². The molecule has 5 heterocycles. The van der Waals surface area contributed by atoms with Gasteiger partial charge in [0.15, 0.2) is 0 Å². The number of nitrogens with zero attached hydrogens (tertiary/aromatic N) is 3. The molecule has 3 aromatic rings. The van der Waals surface area contributed by atoms with Crippen molar-refractivity contribution in [3.63, 3.8) is 0 Å². The Morgan fingerprint density at radius 3 is 1.71 bits per heavy atom. The second-order valence-corrected chi connectivity index (χ2v) is 11.9. The fourth-order valence-corrected chi connectivity index (χ4v) is 8.03. The SMILES string of the molecule is CCC1=C(CC)/C2=C/c3[nH]c(c(CC)c3CC)Cc3c(CC)c(CC)c(n3C)/C=c3/c(CC)c(CC)/c(n3C)=C/C1=N2. The maximum atomic E-state index is 5.37. The molecule has 4 heteroatoms. The molecule has 0 saturated carbocycles. The predicted octanol–water partition coefficient (Wildman–Crippen LogP) is 7.19. The molecule has 5 rings (SSSR count). The zero-order valence-corrected chi connectivity index (χ0v) is 27.9. The Balaban J connectivity index is 1.98. The van der Waals surface area contributed by atoms with Gasteiger partial charge in [-0.25, -0.2) is 4.99 Å². The van der Waals surface area contributed by atoms with Crippen molar-refractivity contribution in [3.05, 3.63) is 83.7 Å². The van der Waals surface area contributed by atoms with Gasteiger partial charge in [-0.2, -0.15) is 0 Å². The molecule has 42 heavy (non-hydrogen) atoms. The van der Waals surface area contributed by atoms with Crippen molar-refractivity contribution in [3.8, 4) is 0 Å². The molecule has 0 spiro atoms. The van der Waals surface area contributed by atoms with E-state index in [4.69, 9.17) is 4.99 Å². The maximum Gasteiger partial charge on any atom is 0.0693 e. The summed E-state index contributed by atoms with van der Waals surface area (Å²) in [6.45, 7) is 18.4. The van der Waals surface area contributed by atoms with Gasteiger partial charge >= 0.3 is 0 Å². The summed E-state index contributed by atoms with van der Waals surface area (Å²) in [6.07, 6.45) is 16.3. The number of hydrogen-bond donors (Lipinski definition) is 1. The van der Waals surface area contributed by atoms with Crippen LogP contribution in [0.2, 0.25) is 0 Å². The second-order valence-electron chi connectivity index (χ2n) is 11.9. The summed E-state index contributed by atoms with van der Waals surface area (Å²) in [6, 6.07) is 0. The minimum absolute atomic E-state index is 0.929. The van der Waals surface area contributed by atoms with E-state index in [-0.39, 0.29) is 0 Å². The summed E-state index contributed by atoms with van der Waals surface area (Å²) < 4.78 is 4.96. The van der Waals surface area contributed by atoms with Gasteiger partial charge in [0.05, 0.1) is 11.4 Å². The number of hydrogen-bond acceptors (Lipinski definition) is 1. The molecular weight excluding hydrogens is 512 g/mol. The van der Waals surface area contributed by atoms with E-state index < -0.39 is 0 Å². The second kappa shape index (κ2) is 12.1. The summed E-state index contributed by atoms with van der Waals surface area (Å²) >= 11 is 0. The Kier molecular flexibility index (Phi) is 8.73. The largest absolute Gasteiger partial charge is 0.358 e. The van der Waals surface area contributed by atoms with Gasteiger partial charge in [0.25, 0.3) is 0 Å². The lowest BCUT2D eigenvalue weighted by atomic mass is 9.97. The monoisotopic (exact) mass is 564 g/mol. The molecule has 0 aliphatic carbocycles. The smallest absolute Gasteiger partial charge is 0.0693 e. The molecule has 0 radical (unpaired) electrons. The normalized spacial score (nSPS) is 17.6. The van der Waals surface area contributed by atoms with E-state index in [9.17, 15) is 0 Å². The van der Waals surface area contributed by atoms with Crippen LogP contribution in [0.15, 0.2) is 21.8 Å². The van der Waals surface area contributed by atoms with Crippen LogP contribution in [0.1, 0.15) is 124 Å². The van der Waals surface area contributed by atoms with E-state index >= 15 is 0 Å². The van der Waals surface area contributed by atoms with Crippen LogP contribution < -0.4 is 10.7 Å². The number of allylic oxidation sites excluding steroid dienone is 2. The summed E-state index contributed by atoms with van der Waals surface area (Å²) in [4.78, 5) is 9.32. The van der Waals surface area contributed by atoms with Crippen LogP contribution in [0.25, 0.3) is 18.2 Å². The summed E-state index contributed by atoms with van der Waals surface area (Å²) in [7, 11) is 4.56. The molecule has 3 aromatic heterocycles. The molecule has 0 aromatic carbocycles. The number of fused-ring (bicyclic) bond motifs is 7. The molecule has 0 fully saturated rings. The van der Waals surface area contributed by atoms with E-state index in [0.29, 0.717) is 0 Å². The maximum absolute atomic E-state index is 5.37. The number of rotatable bonds is 8. The molecular formula is C38H52N4. The van der Waals surface area contributed by atoms with E-state index in [0.717, 1.165) is 69.2 Å². The highest BCUT2D eigenvalue weighted by Gasteiger charge is 2.25. The molecule has 0 unspecified atom stereocenters. The van der Waals surface area contributed by atoms with Crippen molar-refractivity contribution in [2.75, 3.05) is 0 Å². The molecule has 224 valence electrons. The third-order valence-corrected chi connectivity index (χ3v) is 10.1. The summed E-state index contributed by atoms with van der Waals surface area (Å²) in [5.41, 5.74) is 19.4. The van der Waals surface area contributed by atoms with Gasteiger partial charge in [-0.1, -0.05) is 55.4 Å². The van der Waals surface area contributed by atoms with Crippen LogP contribution >= 0.6 is 0 Å². The van der Waals surface area contributed by atoms with Gasteiger partial charge in [0.2, 0.25) is 0 Å². The van der Waals surface area contributed by atoms with Crippen molar-refractivity contribution in [2.45, 2.75) is 113 Å². The zero-order chi connectivity index (χ0) is 30.3. The average Bonchev–Trinajstić information content (AvgIpc) is 3.67. The first kappa shape index (κ1) is 30.2. The van der Waals surface area contributed by atoms with Crippen molar-refractivity contribution >= 4 is 23.9 Å². The van der Waals surface area contributed by atoms with E-state index in [1.54, 1.807) is 0 Å². The molecule has 0 saturated heterocycles. The average molecular weight is 565 g/mol. The Morgan fingerprint density at radius 1 is 0.595 bits per heavy atom. The molecule has 4 nitrogen and oxygen atoms in total. The van der Waals surface area contributed by atoms with Crippen LogP contribution in [0.5, 0.6) is 0 Å². The van der Waals surface area contributed by atoms with E-state index in [1.807, 2.05) is 0 Å². The number of H-pyrrole nitrogens is 1. The minimum Gasteiger partial charge on any atom is -0.358 e. The van der Waals surface area contributed by atoms with Crippen LogP contribution in [0.4, 0.5) is 0 Å². The van der Waals surface area contributed by atoms with Gasteiger partial charge < -0.3 is 14.1 Å². The van der Waals surface area contributed by atoms with Crippen LogP contribution in [-0.2, 0) is 59.0 Å². The Hall–Kier alpha value is -3.27. The number of aromatic amines is 1. The predicted molar refractivity (Wildman–Crippen MR) is 181 cm³/mol. The van der Waals surface area contributed by atoms with Crippen molar-refractivity contribution in [1.82, 2.24) is 14.1 Å². The van der Waals surface area contributed by atoms with Gasteiger partial charge in [-0.05, 0) is 114 Å². The lowest BCUT2D eigenvalue weighted by molar-refractivity contribution is 0.810. The summed E-state index contributed by atoms with van der Waals surface area (Å²) in [5.74, 6) is 0. The highest BCUT2D eigenvalue weighted by Crippen LogP contribution is 2.35. The fourth-order valence-electron chi connectivity index (χ4n) is 8.03. The van der Waals surface area contributed by atoms with Crippen LogP contribution in [0, 0.1) is 0 Å². The molecule has 0 atom stereocenters. The summed E-state index contributed by atoms with van der Waals surface area (Å²) in [5, 5.41) is 2.65. The lowest BCUT2D eigenvalue weighted by Gasteiger charge is -2.09. The third-order valence-electron chi connectivity index (χ3n) is 10.1. The standard InChI is InChI=1S/C38H52N4/c1-11-23-25(13-3)33-20-35-27(15-5)29(17-7)37(41(35)9)22-38-30(18-8)28(16-6)36(42(38)10)21-34-26(14-4)24(12-2)32(40-34)19-31(23)39-33/h19-20,22,40H,11-18,21H2,1-10H3/b31-19-,35-20-,37-22-. The number of nitrogens with one attached hydrogen (secondary N) is 1. The topological polar surface area (TPSA) is 38.0 Å². The van der Waals surface area contributed by atoms with Crippen molar-refractivity contribution in [2.24, 2.45) is 19.1 Å². The molecule has 8 bridgehead atoms. The minimum atomic E-state index is 0.929. The number of aliphatic imine (C=N–C) groups is 1. The Morgan fingerprint density at radius 2 is 1.17 bits per heavy atom. The fraction of sp³-hybridized carbons (Fsp3) is 0.500. The lowest BCUT2D eigenvalue weighted by Crippen LogP contribution is -2.26. The van der Waals surface area contributed by atoms with Gasteiger partial charge in [-0.15, -0.1) is 0 Å². The Bertz CT molecular complexity index is 1740. The van der Waals surface area contributed by atoms with Crippen LogP contribution in [-0.4, -0.2) is 19.8 Å². The molecule has 2 aliphatic heterocycles. The highest BCUT2D eigenvalue weighted by atomic mass is 15.0. The number of aromatic nitrogens is 3. The van der Waals surface area contributed by atoms with Gasteiger partial charge in [-0.3, -0.25) is 0 Å². The van der Waals surface area contributed by atoms with Crippen molar-refractivity contribution < 1.29 is 0 Å². The van der Waals surface area contributed by atoms with E-state index in [2.05, 4.69) is 102 Å². The third kappa shape index (κ3) is 4.62. The molecule has 2 aliphatic rings. The van der Waals surface area contributed by atoms with Crippen molar-refractivity contribution in [1.29, 1.82) is 0 Å². The van der Waals surface area contributed by atoms with Gasteiger partial charge in [0.1, 0.15) is 0 Å². The van der Waals surface area contributed by atoms with E-state index in [1.165, 1.54) is 78.0 Å². The zero-order valence-electron chi connectivity index (χ0n) is 27.9. The van der Waals surface area contributed by atoms with Crippen LogP contribution in [0.3, 0.4) is 0 Å². The molecule has 0 amide bonds. The first-order valence-corrected chi connectivity index (χ1v) is 16.7. The highest BCUT2D eigenvalue weighted by molar-refractivity contribution is 6.23. The quantitative estimate of drug-likeness (QED) is 0.301. The first-order valence-electron chi connectivity index (χ1n) is 16.7. The molecule has 1 N–H and O–H groups in total. The van der Waals surface area contributed by atoms with Gasteiger partial charge in [0, 0.05) is 54.0 Å². The first-order chi connectivity index (χ1) is 20.3.